The molecule has 0 radical (unpaired) electrons. The van der Waals surface area contributed by atoms with Gasteiger partial charge in [-0.2, -0.15) is 4.90 Å². The minimum absolute atomic E-state index is 0.0724. The number of imide groups is 4. The average Bonchev–Trinajstić information content (AvgIpc) is 2.84. The van der Waals surface area contributed by atoms with Crippen molar-refractivity contribution in [3.8, 4) is 0 Å². The van der Waals surface area contributed by atoms with Gasteiger partial charge in [0, 0.05) is 12.8 Å². The molecule has 174 valence electrons. The minimum atomic E-state index is -1.53. The standard InChI is InChI=1S/C23H30N2O7/c1-21(2,3)31-19(28)24-17(26)23(25(18(24)27)20(29)32-22(4,5)6)12-16(13-23)30-14-15-10-8-7-9-11-15/h7-11,16H,12-14H2,1-6H3/t16-,23+. The maximum absolute atomic E-state index is 13.2. The van der Waals surface area contributed by atoms with Gasteiger partial charge >= 0.3 is 18.2 Å². The lowest BCUT2D eigenvalue weighted by atomic mass is 9.73. The molecule has 5 amide bonds. The van der Waals surface area contributed by atoms with Crippen molar-refractivity contribution in [1.82, 2.24) is 9.80 Å². The highest BCUT2D eigenvalue weighted by Gasteiger charge is 2.69. The molecular formula is C23H30N2O7. The van der Waals surface area contributed by atoms with Gasteiger partial charge in [-0.15, -0.1) is 0 Å². The Morgan fingerprint density at radius 3 is 2.00 bits per heavy atom. The molecule has 32 heavy (non-hydrogen) atoms. The summed E-state index contributed by atoms with van der Waals surface area (Å²) >= 11 is 0. The fourth-order valence-electron chi connectivity index (χ4n) is 3.66. The van der Waals surface area contributed by atoms with E-state index in [-0.39, 0.29) is 18.9 Å². The van der Waals surface area contributed by atoms with Crippen LogP contribution in [-0.4, -0.2) is 56.8 Å². The number of hydrogen-bond donors (Lipinski definition) is 0. The van der Waals surface area contributed by atoms with E-state index >= 15 is 0 Å². The zero-order valence-electron chi connectivity index (χ0n) is 19.3. The van der Waals surface area contributed by atoms with Crippen LogP contribution >= 0.6 is 0 Å². The lowest BCUT2D eigenvalue weighted by Gasteiger charge is -2.46. The van der Waals surface area contributed by atoms with Crippen LogP contribution in [0.25, 0.3) is 0 Å². The van der Waals surface area contributed by atoms with Crippen molar-refractivity contribution in [3.63, 3.8) is 0 Å². The summed E-state index contributed by atoms with van der Waals surface area (Å²) in [7, 11) is 0. The minimum Gasteiger partial charge on any atom is -0.443 e. The van der Waals surface area contributed by atoms with Crippen LogP contribution in [0.2, 0.25) is 0 Å². The zero-order chi connectivity index (χ0) is 23.9. The fraction of sp³-hybridized carbons (Fsp3) is 0.565. The van der Waals surface area contributed by atoms with E-state index in [0.29, 0.717) is 11.5 Å². The van der Waals surface area contributed by atoms with Crippen LogP contribution in [0, 0.1) is 0 Å². The molecular weight excluding hydrogens is 416 g/mol. The van der Waals surface area contributed by atoms with Crippen molar-refractivity contribution in [2.75, 3.05) is 0 Å². The molecule has 1 heterocycles. The van der Waals surface area contributed by atoms with Crippen LogP contribution in [0.5, 0.6) is 0 Å². The molecule has 3 rings (SSSR count). The Balaban J connectivity index is 1.81. The first-order valence-electron chi connectivity index (χ1n) is 10.5. The van der Waals surface area contributed by atoms with E-state index in [1.165, 1.54) is 0 Å². The Morgan fingerprint density at radius 1 is 0.938 bits per heavy atom. The predicted molar refractivity (Wildman–Crippen MR) is 114 cm³/mol. The second-order valence-corrected chi connectivity index (χ2v) is 10.1. The van der Waals surface area contributed by atoms with Crippen molar-refractivity contribution in [2.45, 2.75) is 83.8 Å². The fourth-order valence-corrected chi connectivity index (χ4v) is 3.66. The van der Waals surface area contributed by atoms with E-state index in [2.05, 4.69) is 0 Å². The molecule has 1 aliphatic carbocycles. The van der Waals surface area contributed by atoms with Crippen LogP contribution in [-0.2, 0) is 25.6 Å². The first-order valence-corrected chi connectivity index (χ1v) is 10.5. The van der Waals surface area contributed by atoms with Crippen LogP contribution in [0.4, 0.5) is 14.4 Å². The van der Waals surface area contributed by atoms with Gasteiger partial charge in [0.1, 0.15) is 16.7 Å². The van der Waals surface area contributed by atoms with Gasteiger partial charge in [-0.1, -0.05) is 30.3 Å². The first kappa shape index (κ1) is 23.7. The van der Waals surface area contributed by atoms with E-state index in [0.717, 1.165) is 10.5 Å². The molecule has 0 bridgehead atoms. The van der Waals surface area contributed by atoms with Gasteiger partial charge in [-0.25, -0.2) is 19.3 Å². The van der Waals surface area contributed by atoms with Gasteiger partial charge < -0.3 is 14.2 Å². The number of carbonyl (C=O) groups is 4. The number of nitrogens with zero attached hydrogens (tertiary/aromatic N) is 2. The molecule has 0 unspecified atom stereocenters. The summed E-state index contributed by atoms with van der Waals surface area (Å²) in [4.78, 5) is 52.9. The van der Waals surface area contributed by atoms with E-state index in [1.54, 1.807) is 41.5 Å². The number of carbonyl (C=O) groups excluding carboxylic acids is 4. The summed E-state index contributed by atoms with van der Waals surface area (Å²) in [5.41, 5.74) is -2.39. The van der Waals surface area contributed by atoms with E-state index < -0.39 is 40.9 Å². The monoisotopic (exact) mass is 446 g/mol. The molecule has 2 fully saturated rings. The van der Waals surface area contributed by atoms with Gasteiger partial charge in [0.2, 0.25) is 0 Å². The number of rotatable bonds is 3. The Kier molecular flexibility index (Phi) is 6.08. The summed E-state index contributed by atoms with van der Waals surface area (Å²) in [6.45, 7) is 10.1. The van der Waals surface area contributed by atoms with Crippen LogP contribution in [0.15, 0.2) is 30.3 Å². The van der Waals surface area contributed by atoms with Crippen LogP contribution in [0.1, 0.15) is 59.9 Å². The molecule has 0 atom stereocenters. The third-order valence-electron chi connectivity index (χ3n) is 5.02. The number of benzene rings is 1. The highest BCUT2D eigenvalue weighted by atomic mass is 16.6. The van der Waals surface area contributed by atoms with Crippen molar-refractivity contribution >= 4 is 24.1 Å². The number of amides is 5. The summed E-state index contributed by atoms with van der Waals surface area (Å²) < 4.78 is 16.4. The summed E-state index contributed by atoms with van der Waals surface area (Å²) in [6, 6.07) is 8.44. The normalized spacial score (nSPS) is 23.4. The topological polar surface area (TPSA) is 102 Å². The van der Waals surface area contributed by atoms with Gasteiger partial charge in [-0.3, -0.25) is 4.79 Å². The quantitative estimate of drug-likeness (QED) is 0.640. The third kappa shape index (κ3) is 4.77. The Bertz CT molecular complexity index is 909. The van der Waals surface area contributed by atoms with Crippen LogP contribution < -0.4 is 0 Å². The van der Waals surface area contributed by atoms with Crippen molar-refractivity contribution in [3.05, 3.63) is 35.9 Å². The first-order chi connectivity index (χ1) is 14.7. The molecule has 9 nitrogen and oxygen atoms in total. The number of hydrogen-bond acceptors (Lipinski definition) is 7. The second kappa shape index (κ2) is 8.20. The molecule has 9 heteroatoms. The Labute approximate surface area is 187 Å². The van der Waals surface area contributed by atoms with Gasteiger partial charge in [0.05, 0.1) is 12.7 Å². The highest BCUT2D eigenvalue weighted by Crippen LogP contribution is 2.47. The van der Waals surface area contributed by atoms with Crippen molar-refractivity contribution in [1.29, 1.82) is 0 Å². The smallest absolute Gasteiger partial charge is 0.425 e. The molecule has 0 N–H and O–H groups in total. The Hall–Kier alpha value is -2.94. The van der Waals surface area contributed by atoms with Crippen molar-refractivity contribution in [2.24, 2.45) is 0 Å². The molecule has 2 aliphatic rings. The van der Waals surface area contributed by atoms with Crippen molar-refractivity contribution < 1.29 is 33.4 Å². The molecule has 1 aromatic rings. The highest BCUT2D eigenvalue weighted by molar-refractivity contribution is 6.21. The molecule has 0 aromatic heterocycles. The largest absolute Gasteiger partial charge is 0.443 e. The molecule has 1 saturated carbocycles. The maximum Gasteiger partial charge on any atom is 0.425 e. The molecule has 1 saturated heterocycles. The van der Waals surface area contributed by atoms with E-state index in [4.69, 9.17) is 14.2 Å². The van der Waals surface area contributed by atoms with Gasteiger partial charge in [0.15, 0.2) is 0 Å². The lowest BCUT2D eigenvalue weighted by molar-refractivity contribution is -0.148. The zero-order valence-corrected chi connectivity index (χ0v) is 19.3. The lowest BCUT2D eigenvalue weighted by Crippen LogP contribution is -2.63. The van der Waals surface area contributed by atoms with Gasteiger partial charge in [-0.05, 0) is 47.1 Å². The van der Waals surface area contributed by atoms with E-state index in [1.807, 2.05) is 30.3 Å². The predicted octanol–water partition coefficient (Wildman–Crippen LogP) is 4.24. The third-order valence-corrected chi connectivity index (χ3v) is 5.02. The molecule has 1 aliphatic heterocycles. The molecule has 1 spiro atoms. The van der Waals surface area contributed by atoms with E-state index in [9.17, 15) is 19.2 Å². The summed E-state index contributed by atoms with van der Waals surface area (Å²) in [6.07, 6.45) is -2.32. The Morgan fingerprint density at radius 2 is 1.47 bits per heavy atom. The summed E-state index contributed by atoms with van der Waals surface area (Å²) in [5.74, 6) is -0.804. The number of ether oxygens (including phenoxy) is 3. The maximum atomic E-state index is 13.2. The SMILES string of the molecule is CC(C)(C)OC(=O)N1C(=O)N(C(=O)OC(C)(C)C)[C@]2(C[C@@H](OCc3ccccc3)C2)C1=O. The average molecular weight is 447 g/mol. The van der Waals surface area contributed by atoms with Crippen LogP contribution in [0.3, 0.4) is 0 Å². The number of urea groups is 1. The molecule has 1 aromatic carbocycles. The van der Waals surface area contributed by atoms with Gasteiger partial charge in [0.25, 0.3) is 5.91 Å². The summed E-state index contributed by atoms with van der Waals surface area (Å²) in [5, 5.41) is 0. The second-order valence-electron chi connectivity index (χ2n) is 10.1.